The van der Waals surface area contributed by atoms with Gasteiger partial charge in [0.1, 0.15) is 0 Å². The molecule has 1 saturated heterocycles. The molecular formula is C15H16ClN3O2. The molecule has 1 aromatic heterocycles. The Morgan fingerprint density at radius 1 is 1.33 bits per heavy atom. The van der Waals surface area contributed by atoms with Crippen LogP contribution < -0.4 is 0 Å². The van der Waals surface area contributed by atoms with Gasteiger partial charge in [0.2, 0.25) is 11.7 Å². The summed E-state index contributed by atoms with van der Waals surface area (Å²) in [5.74, 6) is 1.56. The molecule has 2 aromatic rings. The molecule has 0 radical (unpaired) electrons. The number of likely N-dealkylation sites (tertiary alicyclic amines) is 1. The molecule has 0 amide bonds. The van der Waals surface area contributed by atoms with Gasteiger partial charge in [0, 0.05) is 18.7 Å². The summed E-state index contributed by atoms with van der Waals surface area (Å²) >= 11 is 6.13. The summed E-state index contributed by atoms with van der Waals surface area (Å²) in [6.07, 6.45) is 2.31. The van der Waals surface area contributed by atoms with E-state index in [1.165, 1.54) is 0 Å². The first-order valence-corrected chi connectivity index (χ1v) is 7.54. The zero-order valence-electron chi connectivity index (χ0n) is 11.5. The third kappa shape index (κ3) is 2.46. The molecule has 1 aliphatic carbocycles. The first-order chi connectivity index (χ1) is 10.1. The van der Waals surface area contributed by atoms with E-state index in [9.17, 15) is 5.11 Å². The zero-order chi connectivity index (χ0) is 14.4. The molecule has 4 rings (SSSR count). The van der Waals surface area contributed by atoms with Crippen LogP contribution in [-0.2, 0) is 6.54 Å². The topological polar surface area (TPSA) is 62.4 Å². The quantitative estimate of drug-likeness (QED) is 0.939. The average Bonchev–Trinajstić information content (AvgIpc) is 3.19. The third-order valence-electron chi connectivity index (χ3n) is 4.27. The van der Waals surface area contributed by atoms with Crippen LogP contribution in [0.5, 0.6) is 0 Å². The number of hydrogen-bond acceptors (Lipinski definition) is 5. The number of benzene rings is 1. The Balaban J connectivity index is 1.43. The Hall–Kier alpha value is -1.43. The minimum absolute atomic E-state index is 0.481. The minimum atomic E-state index is -0.481. The maximum absolute atomic E-state index is 10.3. The summed E-state index contributed by atoms with van der Waals surface area (Å²) in [5.41, 5.74) is 0.290. The van der Waals surface area contributed by atoms with Crippen LogP contribution in [0.25, 0.3) is 11.4 Å². The van der Waals surface area contributed by atoms with Crippen molar-refractivity contribution in [1.82, 2.24) is 15.0 Å². The van der Waals surface area contributed by atoms with Gasteiger partial charge in [0.15, 0.2) is 0 Å². The van der Waals surface area contributed by atoms with E-state index in [4.69, 9.17) is 16.1 Å². The lowest BCUT2D eigenvalue weighted by Crippen LogP contribution is -2.62. The fourth-order valence-corrected chi connectivity index (χ4v) is 3.20. The lowest BCUT2D eigenvalue weighted by Gasteiger charge is -2.46. The molecule has 1 aliphatic heterocycles. The molecule has 1 N–H and O–H groups in total. The SMILES string of the molecule is OC1(C2CC2)CN(Cc2nc(-c3ccccc3Cl)no2)C1. The van der Waals surface area contributed by atoms with Gasteiger partial charge in [0.05, 0.1) is 17.2 Å². The van der Waals surface area contributed by atoms with Gasteiger partial charge in [-0.3, -0.25) is 4.90 Å². The summed E-state index contributed by atoms with van der Waals surface area (Å²) in [5, 5.41) is 14.9. The summed E-state index contributed by atoms with van der Waals surface area (Å²) in [4.78, 5) is 6.51. The van der Waals surface area contributed by atoms with Crippen molar-refractivity contribution in [1.29, 1.82) is 0 Å². The van der Waals surface area contributed by atoms with Gasteiger partial charge in [-0.1, -0.05) is 28.9 Å². The van der Waals surface area contributed by atoms with Crippen LogP contribution in [-0.4, -0.2) is 38.8 Å². The molecule has 21 heavy (non-hydrogen) atoms. The molecular weight excluding hydrogens is 290 g/mol. The smallest absolute Gasteiger partial charge is 0.241 e. The number of hydrogen-bond donors (Lipinski definition) is 1. The van der Waals surface area contributed by atoms with Gasteiger partial charge in [0.25, 0.3) is 0 Å². The number of rotatable bonds is 4. The van der Waals surface area contributed by atoms with E-state index in [1.807, 2.05) is 18.2 Å². The van der Waals surface area contributed by atoms with Crippen molar-refractivity contribution in [2.24, 2.45) is 5.92 Å². The second kappa shape index (κ2) is 4.80. The molecule has 6 heteroatoms. The van der Waals surface area contributed by atoms with Crippen LogP contribution in [0.4, 0.5) is 0 Å². The molecule has 0 atom stereocenters. The second-order valence-corrected chi connectivity index (χ2v) is 6.42. The Morgan fingerprint density at radius 2 is 2.10 bits per heavy atom. The summed E-state index contributed by atoms with van der Waals surface area (Å²) in [6, 6.07) is 7.43. The first kappa shape index (κ1) is 13.2. The number of aliphatic hydroxyl groups is 1. The number of halogens is 1. The largest absolute Gasteiger partial charge is 0.387 e. The number of β-amino-alcohol motifs (C(OH)–C–C–N with tert-alkyl or cyclic N) is 1. The van der Waals surface area contributed by atoms with Gasteiger partial charge in [-0.05, 0) is 30.9 Å². The van der Waals surface area contributed by atoms with Crippen molar-refractivity contribution in [3.8, 4) is 11.4 Å². The Bertz CT molecular complexity index is 662. The van der Waals surface area contributed by atoms with Crippen LogP contribution in [0.3, 0.4) is 0 Å². The van der Waals surface area contributed by atoms with Crippen LogP contribution >= 0.6 is 11.6 Å². The van der Waals surface area contributed by atoms with Crippen molar-refractivity contribution in [2.45, 2.75) is 25.0 Å². The second-order valence-electron chi connectivity index (χ2n) is 6.01. The van der Waals surface area contributed by atoms with Crippen LogP contribution in [0.15, 0.2) is 28.8 Å². The Labute approximate surface area is 127 Å². The first-order valence-electron chi connectivity index (χ1n) is 7.16. The van der Waals surface area contributed by atoms with E-state index < -0.39 is 5.60 Å². The van der Waals surface area contributed by atoms with E-state index in [2.05, 4.69) is 15.0 Å². The van der Waals surface area contributed by atoms with Gasteiger partial charge >= 0.3 is 0 Å². The normalized spacial score (nSPS) is 21.2. The Morgan fingerprint density at radius 3 is 2.81 bits per heavy atom. The molecule has 1 aromatic carbocycles. The molecule has 5 nitrogen and oxygen atoms in total. The van der Waals surface area contributed by atoms with E-state index in [1.54, 1.807) is 6.07 Å². The van der Waals surface area contributed by atoms with Crippen LogP contribution in [0.2, 0.25) is 5.02 Å². The zero-order valence-corrected chi connectivity index (χ0v) is 12.3. The average molecular weight is 306 g/mol. The van der Waals surface area contributed by atoms with Crippen molar-refractivity contribution >= 4 is 11.6 Å². The molecule has 2 fully saturated rings. The van der Waals surface area contributed by atoms with Gasteiger partial charge in [-0.15, -0.1) is 0 Å². The highest BCUT2D eigenvalue weighted by Crippen LogP contribution is 2.44. The van der Waals surface area contributed by atoms with Gasteiger partial charge in [-0.25, -0.2) is 0 Å². The van der Waals surface area contributed by atoms with E-state index >= 15 is 0 Å². The van der Waals surface area contributed by atoms with Crippen molar-refractivity contribution < 1.29 is 9.63 Å². The highest BCUT2D eigenvalue weighted by Gasteiger charge is 2.51. The molecule has 0 unspecified atom stereocenters. The molecule has 2 aliphatic rings. The highest BCUT2D eigenvalue weighted by atomic mass is 35.5. The van der Waals surface area contributed by atoms with Crippen LogP contribution in [0, 0.1) is 5.92 Å². The molecule has 0 spiro atoms. The van der Waals surface area contributed by atoms with E-state index in [0.29, 0.717) is 42.3 Å². The fraction of sp³-hybridized carbons (Fsp3) is 0.467. The van der Waals surface area contributed by atoms with E-state index in [0.717, 1.165) is 18.4 Å². The number of aromatic nitrogens is 2. The third-order valence-corrected chi connectivity index (χ3v) is 4.60. The maximum Gasteiger partial charge on any atom is 0.241 e. The predicted molar refractivity (Wildman–Crippen MR) is 77.7 cm³/mol. The van der Waals surface area contributed by atoms with Crippen molar-refractivity contribution in [3.05, 3.63) is 35.2 Å². The van der Waals surface area contributed by atoms with Crippen molar-refractivity contribution in [3.63, 3.8) is 0 Å². The van der Waals surface area contributed by atoms with Gasteiger partial charge in [-0.2, -0.15) is 4.98 Å². The van der Waals surface area contributed by atoms with Gasteiger partial charge < -0.3 is 9.63 Å². The number of nitrogens with zero attached hydrogens (tertiary/aromatic N) is 3. The molecule has 0 bridgehead atoms. The molecule has 1 saturated carbocycles. The molecule has 2 heterocycles. The minimum Gasteiger partial charge on any atom is -0.387 e. The highest BCUT2D eigenvalue weighted by molar-refractivity contribution is 6.33. The maximum atomic E-state index is 10.3. The van der Waals surface area contributed by atoms with E-state index in [-0.39, 0.29) is 0 Å². The molecule has 110 valence electrons. The predicted octanol–water partition coefficient (Wildman–Crippen LogP) is 2.35. The lowest BCUT2D eigenvalue weighted by molar-refractivity contribution is -0.119. The summed E-state index contributed by atoms with van der Waals surface area (Å²) in [6.45, 7) is 1.97. The van der Waals surface area contributed by atoms with Crippen molar-refractivity contribution in [2.75, 3.05) is 13.1 Å². The fourth-order valence-electron chi connectivity index (χ4n) is 2.98. The monoisotopic (exact) mass is 305 g/mol. The Kier molecular flexibility index (Phi) is 3.03. The summed E-state index contributed by atoms with van der Waals surface area (Å²) < 4.78 is 5.28. The van der Waals surface area contributed by atoms with Crippen LogP contribution in [0.1, 0.15) is 18.7 Å². The lowest BCUT2D eigenvalue weighted by atomic mass is 9.89. The standard InChI is InChI=1S/C15H16ClN3O2/c16-12-4-2-1-3-11(12)14-17-13(21-18-14)7-19-8-15(20,9-19)10-5-6-10/h1-4,10,20H,5-9H2. The summed E-state index contributed by atoms with van der Waals surface area (Å²) in [7, 11) is 0.